The molecular weight excluding hydrogens is 428 g/mol. The molecule has 0 radical (unpaired) electrons. The molecule has 2 aliphatic heterocycles. The van der Waals surface area contributed by atoms with Gasteiger partial charge in [-0.2, -0.15) is 0 Å². The normalized spacial score (nSPS) is 29.9. The first-order valence-corrected chi connectivity index (χ1v) is 9.73. The third kappa shape index (κ3) is 3.40. The zero-order valence-electron chi connectivity index (χ0n) is 16.5. The minimum absolute atomic E-state index is 0.139. The summed E-state index contributed by atoms with van der Waals surface area (Å²) >= 11 is 0. The first-order chi connectivity index (χ1) is 15.1. The molecule has 2 unspecified atom stereocenters. The molecule has 4 rings (SSSR count). The lowest BCUT2D eigenvalue weighted by Crippen LogP contribution is -2.55. The Labute approximate surface area is 181 Å². The smallest absolute Gasteiger partial charge is 0.181 e. The minimum atomic E-state index is -1.81. The molecule has 11 heteroatoms. The maximum atomic E-state index is 13.2. The summed E-state index contributed by atoms with van der Waals surface area (Å²) in [4.78, 5) is 13.2. The van der Waals surface area contributed by atoms with Crippen molar-refractivity contribution in [1.82, 2.24) is 0 Å². The Morgan fingerprint density at radius 1 is 0.938 bits per heavy atom. The molecule has 0 spiro atoms. The van der Waals surface area contributed by atoms with Gasteiger partial charge in [-0.3, -0.25) is 4.79 Å². The van der Waals surface area contributed by atoms with Crippen molar-refractivity contribution < 1.29 is 55.1 Å². The number of carbonyl (C=O) groups excluding carboxylic acids is 1. The van der Waals surface area contributed by atoms with Crippen LogP contribution in [-0.2, 0) is 4.74 Å². The van der Waals surface area contributed by atoms with Gasteiger partial charge in [0.1, 0.15) is 71.4 Å². The number of aromatic hydroxyl groups is 4. The van der Waals surface area contributed by atoms with Crippen LogP contribution in [-0.4, -0.2) is 84.3 Å². The molecule has 11 nitrogen and oxygen atoms in total. The molecule has 0 bridgehead atoms. The van der Waals surface area contributed by atoms with Crippen LogP contribution >= 0.6 is 0 Å². The van der Waals surface area contributed by atoms with Gasteiger partial charge in [-0.25, -0.2) is 0 Å². The summed E-state index contributed by atoms with van der Waals surface area (Å²) in [5.41, 5.74) is -0.646. The van der Waals surface area contributed by atoms with Crippen molar-refractivity contribution in [3.05, 3.63) is 41.0 Å². The van der Waals surface area contributed by atoms with Crippen LogP contribution < -0.4 is 4.74 Å². The topological polar surface area (TPSA) is 197 Å². The van der Waals surface area contributed by atoms with Crippen LogP contribution in [0.5, 0.6) is 28.7 Å². The van der Waals surface area contributed by atoms with Crippen molar-refractivity contribution in [3.8, 4) is 28.7 Å². The van der Waals surface area contributed by atoms with Gasteiger partial charge in [-0.15, -0.1) is 0 Å². The Bertz CT molecular complexity index is 1050. The second kappa shape index (κ2) is 8.11. The number of aliphatic hydroxyl groups excluding tert-OH is 4. The molecule has 6 atom stereocenters. The molecule has 0 amide bonds. The van der Waals surface area contributed by atoms with Gasteiger partial charge in [0.2, 0.25) is 0 Å². The summed E-state index contributed by atoms with van der Waals surface area (Å²) in [5, 5.41) is 80.7. The Hall–Kier alpha value is -3.09. The Morgan fingerprint density at radius 3 is 2.31 bits per heavy atom. The van der Waals surface area contributed by atoms with Crippen molar-refractivity contribution in [3.63, 3.8) is 0 Å². The fraction of sp³-hybridized carbons (Fsp3) is 0.381. The number of hydrogen-bond acceptors (Lipinski definition) is 11. The van der Waals surface area contributed by atoms with Crippen LogP contribution in [0.4, 0.5) is 0 Å². The van der Waals surface area contributed by atoms with Crippen molar-refractivity contribution in [2.45, 2.75) is 36.4 Å². The number of hydrogen-bond donors (Lipinski definition) is 8. The first-order valence-electron chi connectivity index (χ1n) is 9.73. The van der Waals surface area contributed by atoms with Crippen LogP contribution in [0.25, 0.3) is 0 Å². The van der Waals surface area contributed by atoms with E-state index in [0.717, 1.165) is 12.1 Å². The maximum absolute atomic E-state index is 13.2. The predicted octanol–water partition coefficient (Wildman–Crippen LogP) is -0.617. The summed E-state index contributed by atoms with van der Waals surface area (Å²) in [5.74, 6) is -3.83. The van der Waals surface area contributed by atoms with Crippen LogP contribution in [0.2, 0.25) is 0 Å². The highest BCUT2D eigenvalue weighted by Crippen LogP contribution is 2.49. The van der Waals surface area contributed by atoms with Crippen molar-refractivity contribution in [2.75, 3.05) is 13.2 Å². The predicted molar refractivity (Wildman–Crippen MR) is 105 cm³/mol. The number of carbonyl (C=O) groups is 1. The van der Waals surface area contributed by atoms with Crippen LogP contribution in [0.1, 0.15) is 33.5 Å². The fourth-order valence-corrected chi connectivity index (χ4v) is 4.10. The average Bonchev–Trinajstić information content (AvgIpc) is 2.74. The lowest BCUT2D eigenvalue weighted by molar-refractivity contribution is -0.232. The molecule has 1 fully saturated rings. The van der Waals surface area contributed by atoms with Crippen molar-refractivity contribution >= 4 is 5.78 Å². The minimum Gasteiger partial charge on any atom is -0.508 e. The molecule has 2 aliphatic rings. The molecular formula is C21H22O11. The number of phenolic OH excluding ortho intramolecular Hbond substituents is 4. The molecule has 2 heterocycles. The van der Waals surface area contributed by atoms with E-state index in [4.69, 9.17) is 9.47 Å². The summed E-state index contributed by atoms with van der Waals surface area (Å²) in [6, 6.07) is 4.69. The van der Waals surface area contributed by atoms with Crippen molar-refractivity contribution in [2.24, 2.45) is 0 Å². The van der Waals surface area contributed by atoms with E-state index in [2.05, 4.69) is 0 Å². The summed E-state index contributed by atoms with van der Waals surface area (Å²) in [6.45, 7) is -0.944. The third-order valence-corrected chi connectivity index (χ3v) is 5.82. The van der Waals surface area contributed by atoms with Gasteiger partial charge in [0, 0.05) is 17.7 Å². The SMILES string of the molecule is O=C1c2c(cc(O)c(C3O[C@H](CO)[C@@H](O)[C@H](O)[C@H]3O)c2O)OCC1c1ccc(O)cc1O. The number of fused-ring (bicyclic) bond motifs is 1. The van der Waals surface area contributed by atoms with Gasteiger partial charge in [0.25, 0.3) is 0 Å². The lowest BCUT2D eigenvalue weighted by Gasteiger charge is -2.40. The second-order valence-electron chi connectivity index (χ2n) is 7.75. The van der Waals surface area contributed by atoms with E-state index in [1.54, 1.807) is 0 Å². The number of ether oxygens (including phenoxy) is 2. The Kier molecular flexibility index (Phi) is 5.61. The van der Waals surface area contributed by atoms with Crippen LogP contribution in [0.15, 0.2) is 24.3 Å². The van der Waals surface area contributed by atoms with E-state index < -0.39 is 65.9 Å². The summed E-state index contributed by atoms with van der Waals surface area (Å²) < 4.78 is 10.9. The largest absolute Gasteiger partial charge is 0.508 e. The van der Waals surface area contributed by atoms with Gasteiger partial charge in [-0.05, 0) is 6.07 Å². The van der Waals surface area contributed by atoms with Crippen LogP contribution in [0, 0.1) is 0 Å². The summed E-state index contributed by atoms with van der Waals surface area (Å²) in [6.07, 6.45) is -8.12. The Balaban J connectivity index is 1.78. The molecule has 172 valence electrons. The van der Waals surface area contributed by atoms with Gasteiger partial charge in [0.05, 0.1) is 18.1 Å². The van der Waals surface area contributed by atoms with Gasteiger partial charge in [-0.1, -0.05) is 6.07 Å². The highest BCUT2D eigenvalue weighted by Gasteiger charge is 2.47. The van der Waals surface area contributed by atoms with Gasteiger partial charge < -0.3 is 50.3 Å². The van der Waals surface area contributed by atoms with Crippen LogP contribution in [0.3, 0.4) is 0 Å². The van der Waals surface area contributed by atoms with Gasteiger partial charge >= 0.3 is 0 Å². The molecule has 8 N–H and O–H groups in total. The van der Waals surface area contributed by atoms with Gasteiger partial charge in [0.15, 0.2) is 5.78 Å². The van der Waals surface area contributed by atoms with Crippen molar-refractivity contribution in [1.29, 1.82) is 0 Å². The maximum Gasteiger partial charge on any atom is 0.181 e. The quantitative estimate of drug-likeness (QED) is 0.297. The number of rotatable bonds is 3. The third-order valence-electron chi connectivity index (χ3n) is 5.82. The zero-order valence-corrected chi connectivity index (χ0v) is 16.5. The number of benzene rings is 2. The van der Waals surface area contributed by atoms with E-state index in [9.17, 15) is 45.6 Å². The molecule has 0 aromatic heterocycles. The highest BCUT2D eigenvalue weighted by atomic mass is 16.5. The number of ketones is 1. The first kappa shape index (κ1) is 22.1. The van der Waals surface area contributed by atoms with E-state index in [1.807, 2.05) is 0 Å². The van der Waals surface area contributed by atoms with E-state index >= 15 is 0 Å². The fourth-order valence-electron chi connectivity index (χ4n) is 4.10. The second-order valence-corrected chi connectivity index (χ2v) is 7.75. The number of aliphatic hydroxyl groups is 4. The zero-order chi connectivity index (χ0) is 23.3. The molecule has 32 heavy (non-hydrogen) atoms. The number of phenols is 4. The van der Waals surface area contributed by atoms with E-state index in [1.165, 1.54) is 12.1 Å². The van der Waals surface area contributed by atoms with E-state index in [0.29, 0.717) is 0 Å². The molecule has 1 saturated heterocycles. The monoisotopic (exact) mass is 450 g/mol. The lowest BCUT2D eigenvalue weighted by atomic mass is 9.84. The summed E-state index contributed by atoms with van der Waals surface area (Å²) in [7, 11) is 0. The molecule has 0 saturated carbocycles. The molecule has 2 aromatic carbocycles. The average molecular weight is 450 g/mol. The molecule has 0 aliphatic carbocycles. The molecule has 2 aromatic rings. The highest BCUT2D eigenvalue weighted by molar-refractivity contribution is 6.07. The standard InChI is InChI=1S/C21H22O11/c22-5-13-17(27)19(29)20(30)21(32-13)14-11(25)4-12-15(18(14)28)16(26)9(6-31-12)8-2-1-7(23)3-10(8)24/h1-4,9,13,17,19-25,27-30H,5-6H2/t9?,13-,17-,19+,20-,21?/m1/s1. The van der Waals surface area contributed by atoms with E-state index in [-0.39, 0.29) is 35.0 Å². The Morgan fingerprint density at radius 2 is 1.66 bits per heavy atom. The number of Topliss-reactive ketones (excluding diaryl/α,β-unsaturated/α-hetero) is 1.